The van der Waals surface area contributed by atoms with Gasteiger partial charge in [0.25, 0.3) is 0 Å². The lowest BCUT2D eigenvalue weighted by Gasteiger charge is -2.30. The third-order valence-electron chi connectivity index (χ3n) is 3.09. The number of benzene rings is 1. The summed E-state index contributed by atoms with van der Waals surface area (Å²) in [4.78, 5) is 0. The van der Waals surface area contributed by atoms with Gasteiger partial charge >= 0.3 is 0 Å². The van der Waals surface area contributed by atoms with E-state index in [1.165, 1.54) is 36.5 Å². The Morgan fingerprint density at radius 1 is 1.12 bits per heavy atom. The van der Waals surface area contributed by atoms with Crippen LogP contribution in [0.3, 0.4) is 0 Å². The van der Waals surface area contributed by atoms with Crippen LogP contribution in [0.2, 0.25) is 0 Å². The van der Waals surface area contributed by atoms with Crippen molar-refractivity contribution in [1.29, 1.82) is 0 Å². The van der Waals surface area contributed by atoms with E-state index in [2.05, 4.69) is 18.2 Å². The topological polar surface area (TPSA) is 12.4 Å². The van der Waals surface area contributed by atoms with E-state index in [0.717, 1.165) is 5.69 Å². The Morgan fingerprint density at radius 2 is 1.69 bits per heavy atom. The van der Waals surface area contributed by atoms with Crippen LogP contribution in [0.1, 0.15) is 26.7 Å². The zero-order valence-corrected chi connectivity index (χ0v) is 10.7. The number of halogens is 1. The van der Waals surface area contributed by atoms with Crippen molar-refractivity contribution in [3.05, 3.63) is 30.1 Å². The molecule has 0 radical (unpaired) electrons. The number of rotatable bonds is 1. The summed E-state index contributed by atoms with van der Waals surface area (Å²) < 4.78 is 17.4. The van der Waals surface area contributed by atoms with Crippen molar-refractivity contribution >= 4 is 16.4 Å². The first-order chi connectivity index (χ1) is 7.55. The lowest BCUT2D eigenvalue weighted by molar-refractivity contribution is 0.335. The smallest absolute Gasteiger partial charge is 0.123 e. The van der Waals surface area contributed by atoms with Gasteiger partial charge in [-0.1, -0.05) is 24.5 Å². The van der Waals surface area contributed by atoms with Gasteiger partial charge < -0.3 is 0 Å². The van der Waals surface area contributed by atoms with Gasteiger partial charge in [0.15, 0.2) is 0 Å². The highest BCUT2D eigenvalue weighted by molar-refractivity contribution is 7.87. The van der Waals surface area contributed by atoms with Crippen molar-refractivity contribution in [1.82, 2.24) is 0 Å². The molecule has 2 rings (SSSR count). The minimum Gasteiger partial charge on any atom is -0.228 e. The number of hydrogen-bond donors (Lipinski definition) is 0. The van der Waals surface area contributed by atoms with E-state index in [1.807, 2.05) is 0 Å². The van der Waals surface area contributed by atoms with Crippen LogP contribution in [0.5, 0.6) is 0 Å². The third kappa shape index (κ3) is 3.14. The van der Waals surface area contributed by atoms with E-state index < -0.39 is 0 Å². The highest BCUT2D eigenvalue weighted by Gasteiger charge is 2.23. The maximum atomic E-state index is 12.7. The number of hydrogen-bond acceptors (Lipinski definition) is 1. The van der Waals surface area contributed by atoms with Gasteiger partial charge in [0.05, 0.1) is 5.69 Å². The van der Waals surface area contributed by atoms with Gasteiger partial charge in [0, 0.05) is 11.5 Å². The molecule has 0 N–H and O–H groups in total. The largest absolute Gasteiger partial charge is 0.228 e. The molecule has 1 fully saturated rings. The van der Waals surface area contributed by atoms with Crippen LogP contribution in [0, 0.1) is 11.2 Å². The molecular weight excluding hydrogens is 221 g/mol. The monoisotopic (exact) mass is 239 g/mol. The molecule has 0 unspecified atom stereocenters. The molecule has 1 heterocycles. The quantitative estimate of drug-likeness (QED) is 0.700. The van der Waals surface area contributed by atoms with Crippen molar-refractivity contribution in [3.8, 4) is 0 Å². The summed E-state index contributed by atoms with van der Waals surface area (Å²) in [6.45, 7) is 4.65. The van der Waals surface area contributed by atoms with E-state index in [-0.39, 0.29) is 16.5 Å². The zero-order chi connectivity index (χ0) is 11.6. The van der Waals surface area contributed by atoms with Crippen LogP contribution >= 0.6 is 0 Å². The third-order valence-corrected chi connectivity index (χ3v) is 4.91. The molecule has 1 saturated heterocycles. The van der Waals surface area contributed by atoms with Gasteiger partial charge in [-0.2, -0.15) is 0 Å². The molecule has 0 amide bonds. The van der Waals surface area contributed by atoms with Gasteiger partial charge in [0.1, 0.15) is 5.82 Å². The first kappa shape index (κ1) is 11.8. The molecule has 0 aliphatic carbocycles. The highest BCUT2D eigenvalue weighted by Crippen LogP contribution is 2.31. The average molecular weight is 239 g/mol. The molecule has 3 heteroatoms. The Hall–Kier alpha value is -0.700. The molecule has 0 atom stereocenters. The second-order valence-electron chi connectivity index (χ2n) is 5.10. The van der Waals surface area contributed by atoms with Crippen molar-refractivity contribution in [2.75, 3.05) is 11.5 Å². The normalized spacial score (nSPS) is 20.7. The standard InChI is InChI=1S/C13H18FNS/c1-13(2)7-9-16(10-8-13)15-12-5-3-11(14)4-6-12/h3-6H,7-10H2,1-2H3. The Bertz CT molecular complexity index is 383. The number of nitrogens with zero attached hydrogens (tertiary/aromatic N) is 1. The predicted molar refractivity (Wildman–Crippen MR) is 68.6 cm³/mol. The Balaban J connectivity index is 2.06. The van der Waals surface area contributed by atoms with Crippen LogP contribution in [-0.4, -0.2) is 11.5 Å². The SMILES string of the molecule is CC1(C)CCS(=Nc2ccc(F)cc2)CC1. The van der Waals surface area contributed by atoms with Crippen LogP contribution in [0.25, 0.3) is 0 Å². The average Bonchev–Trinajstić information content (AvgIpc) is 2.24. The zero-order valence-electron chi connectivity index (χ0n) is 9.87. The summed E-state index contributed by atoms with van der Waals surface area (Å²) >= 11 is 0. The molecule has 88 valence electrons. The van der Waals surface area contributed by atoms with Gasteiger partial charge in [0.2, 0.25) is 0 Å². The van der Waals surface area contributed by atoms with Crippen LogP contribution in [-0.2, 0) is 10.7 Å². The van der Waals surface area contributed by atoms with Crippen LogP contribution in [0.4, 0.5) is 10.1 Å². The summed E-state index contributed by atoms with van der Waals surface area (Å²) in [6, 6.07) is 6.50. The van der Waals surface area contributed by atoms with E-state index in [0.29, 0.717) is 5.41 Å². The maximum absolute atomic E-state index is 12.7. The molecule has 16 heavy (non-hydrogen) atoms. The van der Waals surface area contributed by atoms with E-state index in [1.54, 1.807) is 12.1 Å². The molecule has 1 aliphatic heterocycles. The lowest BCUT2D eigenvalue weighted by atomic mass is 9.87. The first-order valence-electron chi connectivity index (χ1n) is 5.70. The fourth-order valence-corrected chi connectivity index (χ4v) is 4.14. The Labute approximate surface area is 99.2 Å². The molecule has 1 aromatic carbocycles. The highest BCUT2D eigenvalue weighted by atomic mass is 32.2. The van der Waals surface area contributed by atoms with Crippen LogP contribution < -0.4 is 0 Å². The minimum absolute atomic E-state index is 0.154. The van der Waals surface area contributed by atoms with Gasteiger partial charge in [-0.15, -0.1) is 0 Å². The molecule has 1 aliphatic rings. The molecule has 0 aromatic heterocycles. The van der Waals surface area contributed by atoms with Crippen molar-refractivity contribution in [3.63, 3.8) is 0 Å². The molecular formula is C13H18FNS. The summed E-state index contributed by atoms with van der Waals surface area (Å²) in [5.74, 6) is 2.18. The van der Waals surface area contributed by atoms with Crippen molar-refractivity contribution < 1.29 is 4.39 Å². The fourth-order valence-electron chi connectivity index (χ4n) is 1.76. The van der Waals surface area contributed by atoms with Gasteiger partial charge in [-0.3, -0.25) is 0 Å². The molecule has 1 aromatic rings. The van der Waals surface area contributed by atoms with Gasteiger partial charge in [-0.25, -0.2) is 8.75 Å². The Morgan fingerprint density at radius 3 is 2.25 bits per heavy atom. The van der Waals surface area contributed by atoms with Crippen LogP contribution in [0.15, 0.2) is 28.6 Å². The second kappa shape index (κ2) is 4.66. The summed E-state index contributed by atoms with van der Waals surface area (Å²) in [7, 11) is 0.154. The minimum atomic E-state index is -0.188. The predicted octanol–water partition coefficient (Wildman–Crippen LogP) is 4.08. The maximum Gasteiger partial charge on any atom is 0.123 e. The van der Waals surface area contributed by atoms with E-state index in [9.17, 15) is 4.39 Å². The van der Waals surface area contributed by atoms with E-state index in [4.69, 9.17) is 0 Å². The molecule has 0 bridgehead atoms. The lowest BCUT2D eigenvalue weighted by Crippen LogP contribution is -2.24. The second-order valence-corrected chi connectivity index (χ2v) is 7.03. The summed E-state index contributed by atoms with van der Waals surface area (Å²) in [5, 5.41) is 0. The molecule has 0 spiro atoms. The summed E-state index contributed by atoms with van der Waals surface area (Å²) in [5.41, 5.74) is 1.41. The van der Waals surface area contributed by atoms with Crippen molar-refractivity contribution in [2.24, 2.45) is 9.78 Å². The fraction of sp³-hybridized carbons (Fsp3) is 0.538. The molecule has 1 nitrogen and oxygen atoms in total. The molecule has 0 saturated carbocycles. The van der Waals surface area contributed by atoms with Gasteiger partial charge in [-0.05, 0) is 42.5 Å². The Kier molecular flexibility index (Phi) is 3.43. The van der Waals surface area contributed by atoms with Crippen molar-refractivity contribution in [2.45, 2.75) is 26.7 Å². The first-order valence-corrected chi connectivity index (χ1v) is 7.22. The summed E-state index contributed by atoms with van der Waals surface area (Å²) in [6.07, 6.45) is 2.50. The van der Waals surface area contributed by atoms with E-state index >= 15 is 0 Å².